The molecule has 0 saturated heterocycles. The summed E-state index contributed by atoms with van der Waals surface area (Å²) in [5.41, 5.74) is 1.64. The molecule has 0 radical (unpaired) electrons. The zero-order chi connectivity index (χ0) is 25.2. The van der Waals surface area contributed by atoms with E-state index in [0.717, 1.165) is 5.56 Å². The molecule has 182 valence electrons. The molecule has 3 aromatic rings. The molecule has 3 aromatic carbocycles. The van der Waals surface area contributed by atoms with E-state index in [2.05, 4.69) is 10.6 Å². The van der Waals surface area contributed by atoms with Crippen LogP contribution in [0.1, 0.15) is 27.5 Å². The lowest BCUT2D eigenvalue weighted by molar-refractivity contribution is -0.146. The molecule has 0 aliphatic heterocycles. The fraction of sp³-hybridized carbons (Fsp3) is 0.222. The normalized spacial score (nSPS) is 13.1. The summed E-state index contributed by atoms with van der Waals surface area (Å²) in [5.74, 6) is -1.35. The van der Waals surface area contributed by atoms with Gasteiger partial charge in [-0.3, -0.25) is 9.59 Å². The molecule has 3 rings (SSSR count). The fourth-order valence-electron chi connectivity index (χ4n) is 3.60. The van der Waals surface area contributed by atoms with Gasteiger partial charge in [0.15, 0.2) is 6.10 Å². The van der Waals surface area contributed by atoms with Gasteiger partial charge in [-0.1, -0.05) is 60.7 Å². The van der Waals surface area contributed by atoms with Crippen LogP contribution in [0.4, 0.5) is 0 Å². The number of ether oxygens (including phenoxy) is 2. The van der Waals surface area contributed by atoms with Gasteiger partial charge in [0, 0.05) is 12.0 Å². The van der Waals surface area contributed by atoms with Gasteiger partial charge in [-0.2, -0.15) is 0 Å². The van der Waals surface area contributed by atoms with E-state index in [4.69, 9.17) is 9.47 Å². The second-order valence-electron chi connectivity index (χ2n) is 7.81. The Morgan fingerprint density at radius 1 is 0.857 bits per heavy atom. The fourth-order valence-corrected chi connectivity index (χ4v) is 3.60. The molecular formula is C27H28N2O6. The van der Waals surface area contributed by atoms with Crippen LogP contribution >= 0.6 is 0 Å². The summed E-state index contributed by atoms with van der Waals surface area (Å²) in [6.07, 6.45) is -1.56. The van der Waals surface area contributed by atoms with Gasteiger partial charge in [0.2, 0.25) is 0 Å². The number of hydrogen-bond donors (Lipinski definition) is 3. The summed E-state index contributed by atoms with van der Waals surface area (Å²) in [6.45, 7) is 0. The van der Waals surface area contributed by atoms with Crippen molar-refractivity contribution in [2.24, 2.45) is 0 Å². The molecule has 0 fully saturated rings. The van der Waals surface area contributed by atoms with E-state index in [1.165, 1.54) is 14.2 Å². The molecule has 8 heteroatoms. The molecule has 35 heavy (non-hydrogen) atoms. The van der Waals surface area contributed by atoms with Crippen molar-refractivity contribution in [2.45, 2.75) is 24.6 Å². The van der Waals surface area contributed by atoms with Crippen LogP contribution in [-0.2, 0) is 20.7 Å². The Morgan fingerprint density at radius 3 is 2.14 bits per heavy atom. The maximum Gasteiger partial charge on any atom is 0.328 e. The zero-order valence-corrected chi connectivity index (χ0v) is 19.5. The largest absolute Gasteiger partial charge is 0.497 e. The van der Waals surface area contributed by atoms with Crippen molar-refractivity contribution in [3.63, 3.8) is 0 Å². The Kier molecular flexibility index (Phi) is 8.97. The van der Waals surface area contributed by atoms with Crippen LogP contribution in [0.5, 0.6) is 5.75 Å². The number of esters is 1. The zero-order valence-electron chi connectivity index (χ0n) is 19.5. The molecule has 0 heterocycles. The summed E-state index contributed by atoms with van der Waals surface area (Å²) in [6, 6.07) is 22.1. The van der Waals surface area contributed by atoms with E-state index in [1.54, 1.807) is 84.9 Å². The highest BCUT2D eigenvalue weighted by atomic mass is 16.5. The molecule has 0 aromatic heterocycles. The molecule has 3 N–H and O–H groups in total. The number of benzene rings is 3. The number of carbonyl (C=O) groups is 3. The van der Waals surface area contributed by atoms with Gasteiger partial charge >= 0.3 is 5.97 Å². The first-order valence-corrected chi connectivity index (χ1v) is 11.0. The monoisotopic (exact) mass is 476 g/mol. The van der Waals surface area contributed by atoms with Gasteiger partial charge in [-0.05, 0) is 35.4 Å². The lowest BCUT2D eigenvalue weighted by Crippen LogP contribution is -2.51. The Balaban J connectivity index is 1.80. The summed E-state index contributed by atoms with van der Waals surface area (Å²) in [7, 11) is 2.75. The van der Waals surface area contributed by atoms with Gasteiger partial charge in [-0.25, -0.2) is 4.79 Å². The minimum absolute atomic E-state index is 0.120. The number of carbonyl (C=O) groups excluding carboxylic acids is 3. The smallest absolute Gasteiger partial charge is 0.328 e. The predicted molar refractivity (Wildman–Crippen MR) is 130 cm³/mol. The van der Waals surface area contributed by atoms with Crippen LogP contribution in [0, 0.1) is 0 Å². The topological polar surface area (TPSA) is 114 Å². The van der Waals surface area contributed by atoms with Crippen molar-refractivity contribution in [3.05, 3.63) is 102 Å². The first kappa shape index (κ1) is 25.5. The second-order valence-corrected chi connectivity index (χ2v) is 7.81. The van der Waals surface area contributed by atoms with E-state index < -0.39 is 36.0 Å². The molecule has 3 atom stereocenters. The summed E-state index contributed by atoms with van der Waals surface area (Å²) in [4.78, 5) is 38.3. The van der Waals surface area contributed by atoms with Crippen LogP contribution in [0.15, 0.2) is 84.9 Å². The molecule has 8 nitrogen and oxygen atoms in total. The van der Waals surface area contributed by atoms with Crippen molar-refractivity contribution in [1.29, 1.82) is 0 Å². The van der Waals surface area contributed by atoms with Gasteiger partial charge in [0.25, 0.3) is 11.8 Å². The van der Waals surface area contributed by atoms with Crippen molar-refractivity contribution in [3.8, 4) is 5.75 Å². The highest BCUT2D eigenvalue weighted by Crippen LogP contribution is 2.19. The molecule has 0 unspecified atom stereocenters. The Hall–Kier alpha value is -4.17. The molecule has 2 amide bonds. The summed E-state index contributed by atoms with van der Waals surface area (Å²) >= 11 is 0. The second kappa shape index (κ2) is 12.3. The van der Waals surface area contributed by atoms with Gasteiger partial charge in [0.1, 0.15) is 11.8 Å². The number of methoxy groups -OCH3 is 2. The number of aliphatic hydroxyl groups excluding tert-OH is 1. The summed E-state index contributed by atoms with van der Waals surface area (Å²) < 4.78 is 10.1. The average Bonchev–Trinajstić information content (AvgIpc) is 2.91. The standard InChI is InChI=1S/C27H28N2O6/c1-34-21-15-9-10-18(16-21)17-22(27(33)35-2)28-26(32)24(30)23(19-11-5-3-6-12-19)29-25(31)20-13-7-4-8-14-20/h3-16,22-24,30H,17H2,1-2H3,(H,28,32)(H,29,31)/t22-,23+,24-/m1/s1. The maximum absolute atomic E-state index is 13.1. The molecule has 0 aliphatic rings. The van der Waals surface area contributed by atoms with E-state index in [-0.39, 0.29) is 6.42 Å². The minimum Gasteiger partial charge on any atom is -0.497 e. The first-order valence-electron chi connectivity index (χ1n) is 11.0. The highest BCUT2D eigenvalue weighted by Gasteiger charge is 2.32. The number of amides is 2. The number of hydrogen-bond acceptors (Lipinski definition) is 6. The third-order valence-electron chi connectivity index (χ3n) is 5.44. The van der Waals surface area contributed by atoms with Crippen molar-refractivity contribution in [1.82, 2.24) is 10.6 Å². The minimum atomic E-state index is -1.68. The third kappa shape index (κ3) is 6.91. The van der Waals surface area contributed by atoms with Crippen LogP contribution < -0.4 is 15.4 Å². The van der Waals surface area contributed by atoms with Gasteiger partial charge in [0.05, 0.1) is 20.3 Å². The van der Waals surface area contributed by atoms with Crippen molar-refractivity contribution < 1.29 is 29.0 Å². The van der Waals surface area contributed by atoms with E-state index >= 15 is 0 Å². The van der Waals surface area contributed by atoms with Crippen LogP contribution in [-0.4, -0.2) is 49.3 Å². The Morgan fingerprint density at radius 2 is 1.51 bits per heavy atom. The number of nitrogens with one attached hydrogen (secondary N) is 2. The lowest BCUT2D eigenvalue weighted by Gasteiger charge is -2.26. The average molecular weight is 477 g/mol. The SMILES string of the molecule is COC(=O)[C@@H](Cc1cccc(OC)c1)NC(=O)[C@H](O)[C@@H](NC(=O)c1ccccc1)c1ccccc1. The van der Waals surface area contributed by atoms with Crippen LogP contribution in [0.25, 0.3) is 0 Å². The summed E-state index contributed by atoms with van der Waals surface area (Å²) in [5, 5.41) is 16.3. The molecule has 0 spiro atoms. The van der Waals surface area contributed by atoms with E-state index in [1.807, 2.05) is 0 Å². The Bertz CT molecular complexity index is 1140. The lowest BCUT2D eigenvalue weighted by atomic mass is 9.99. The number of rotatable bonds is 10. The van der Waals surface area contributed by atoms with Gasteiger partial charge < -0.3 is 25.2 Å². The molecular weight excluding hydrogens is 448 g/mol. The highest BCUT2D eigenvalue weighted by molar-refractivity contribution is 5.95. The predicted octanol–water partition coefficient (Wildman–Crippen LogP) is 2.43. The molecule has 0 saturated carbocycles. The third-order valence-corrected chi connectivity index (χ3v) is 5.44. The Labute approximate surface area is 203 Å². The molecule has 0 aliphatic carbocycles. The molecule has 0 bridgehead atoms. The van der Waals surface area contributed by atoms with E-state index in [9.17, 15) is 19.5 Å². The van der Waals surface area contributed by atoms with Gasteiger partial charge in [-0.15, -0.1) is 0 Å². The van der Waals surface area contributed by atoms with Crippen LogP contribution in [0.3, 0.4) is 0 Å². The maximum atomic E-state index is 13.1. The van der Waals surface area contributed by atoms with Crippen molar-refractivity contribution >= 4 is 17.8 Å². The van der Waals surface area contributed by atoms with Crippen molar-refractivity contribution in [2.75, 3.05) is 14.2 Å². The van der Waals surface area contributed by atoms with Crippen LogP contribution in [0.2, 0.25) is 0 Å². The number of aliphatic hydroxyl groups is 1. The first-order chi connectivity index (χ1) is 16.9. The van der Waals surface area contributed by atoms with E-state index in [0.29, 0.717) is 16.9 Å². The quantitative estimate of drug-likeness (QED) is 0.387.